The third kappa shape index (κ3) is 5.96. The van der Waals surface area contributed by atoms with Gasteiger partial charge >= 0.3 is 30.7 Å². The lowest BCUT2D eigenvalue weighted by Crippen LogP contribution is -2.64. The second-order valence-corrected chi connectivity index (χ2v) is 9.01. The van der Waals surface area contributed by atoms with Crippen LogP contribution in [0.3, 0.4) is 0 Å². The molecule has 0 saturated carbocycles. The Morgan fingerprint density at radius 2 is 0.812 bits per heavy atom. The van der Waals surface area contributed by atoms with Crippen LogP contribution in [0.4, 0.5) is 52.7 Å². The summed E-state index contributed by atoms with van der Waals surface area (Å²) >= 11 is 0. The molecule has 0 rings (SSSR count). The number of halogens is 12. The van der Waals surface area contributed by atoms with Gasteiger partial charge in [-0.3, -0.25) is 4.74 Å². The molecular weight excluding hydrogens is 479 g/mol. The summed E-state index contributed by atoms with van der Waals surface area (Å²) in [6.07, 6.45) is -22.0. The average molecular weight is 502 g/mol. The van der Waals surface area contributed by atoms with Crippen molar-refractivity contribution in [3.8, 4) is 0 Å². The first kappa shape index (κ1) is 31.1. The van der Waals surface area contributed by atoms with Gasteiger partial charge in [0.1, 0.15) is 7.85 Å². The van der Waals surface area contributed by atoms with Crippen LogP contribution < -0.4 is 0 Å². The van der Waals surface area contributed by atoms with E-state index in [1.807, 2.05) is 0 Å². The Labute approximate surface area is 177 Å². The topological polar surface area (TPSA) is 27.7 Å². The van der Waals surface area contributed by atoms with Gasteiger partial charge < -0.3 is 9.47 Å². The number of rotatable bonds is 9. The van der Waals surface area contributed by atoms with Gasteiger partial charge in [-0.25, -0.2) is 0 Å². The molecule has 1 atom stereocenters. The van der Waals surface area contributed by atoms with Crippen molar-refractivity contribution >= 4 is 7.85 Å². The van der Waals surface area contributed by atoms with Crippen molar-refractivity contribution in [3.05, 3.63) is 0 Å². The summed E-state index contributed by atoms with van der Waals surface area (Å²) in [5.41, 5.74) is -10.4. The fraction of sp³-hybridized carbons (Fsp3) is 1.00. The van der Waals surface area contributed by atoms with E-state index in [9.17, 15) is 52.7 Å². The van der Waals surface area contributed by atoms with Gasteiger partial charge in [-0.15, -0.1) is 13.2 Å². The van der Waals surface area contributed by atoms with Crippen molar-refractivity contribution in [2.45, 2.75) is 101 Å². The third-order valence-corrected chi connectivity index (χ3v) is 5.18. The van der Waals surface area contributed by atoms with Gasteiger partial charge in [-0.2, -0.15) is 39.5 Å². The highest BCUT2D eigenvalue weighted by Gasteiger charge is 2.74. The molecule has 0 heterocycles. The maximum absolute atomic E-state index is 14.8. The molecule has 0 aromatic rings. The minimum Gasteiger partial charge on any atom is -0.312 e. The molecule has 0 aliphatic rings. The lowest BCUT2D eigenvalue weighted by atomic mass is 9.56. The van der Waals surface area contributed by atoms with Gasteiger partial charge in [0, 0.05) is 5.31 Å². The highest BCUT2D eigenvalue weighted by molar-refractivity contribution is 6.16. The van der Waals surface area contributed by atoms with Crippen LogP contribution >= 0.6 is 0 Å². The molecule has 0 radical (unpaired) electrons. The van der Waals surface area contributed by atoms with Crippen molar-refractivity contribution in [3.63, 3.8) is 0 Å². The SMILES string of the molecule is BC(C)(C(C)(C)OC(F)(F)C(C)(C)OC(F)(F)F)C(F)(F)C(F)(F)OC(C)(C)C(F)(F)F. The molecule has 0 saturated heterocycles. The van der Waals surface area contributed by atoms with E-state index in [0.717, 1.165) is 0 Å². The minimum atomic E-state index is -5.87. The van der Waals surface area contributed by atoms with Gasteiger partial charge in [0.25, 0.3) is 0 Å². The van der Waals surface area contributed by atoms with Crippen molar-refractivity contribution in [1.29, 1.82) is 0 Å². The summed E-state index contributed by atoms with van der Waals surface area (Å²) in [7, 11) is 0.249. The molecule has 0 bridgehead atoms. The third-order valence-electron chi connectivity index (χ3n) is 5.18. The fourth-order valence-electron chi connectivity index (χ4n) is 2.10. The summed E-state index contributed by atoms with van der Waals surface area (Å²) in [6.45, 7) is 1.57. The predicted octanol–water partition coefficient (Wildman–Crippen LogP) is 6.09. The molecule has 0 aromatic carbocycles. The summed E-state index contributed by atoms with van der Waals surface area (Å²) in [6, 6.07) is 0. The molecule has 3 nitrogen and oxygen atoms in total. The summed E-state index contributed by atoms with van der Waals surface area (Å²) in [4.78, 5) is 0. The number of ether oxygens (including phenoxy) is 3. The molecule has 0 N–H and O–H groups in total. The Hall–Kier alpha value is -0.895. The lowest BCUT2D eigenvalue weighted by molar-refractivity contribution is -0.451. The number of hydrogen-bond acceptors (Lipinski definition) is 3. The molecule has 0 spiro atoms. The highest BCUT2D eigenvalue weighted by Crippen LogP contribution is 2.60. The normalized spacial score (nSPS) is 18.0. The van der Waals surface area contributed by atoms with Crippen molar-refractivity contribution in [2.24, 2.45) is 0 Å². The largest absolute Gasteiger partial charge is 0.523 e. The lowest BCUT2D eigenvalue weighted by Gasteiger charge is -2.51. The molecule has 1 unspecified atom stereocenters. The van der Waals surface area contributed by atoms with E-state index in [1.165, 1.54) is 0 Å². The van der Waals surface area contributed by atoms with Gasteiger partial charge in [0.15, 0.2) is 11.2 Å². The van der Waals surface area contributed by atoms with E-state index in [2.05, 4.69) is 14.2 Å². The van der Waals surface area contributed by atoms with E-state index in [-0.39, 0.29) is 42.5 Å². The summed E-state index contributed by atoms with van der Waals surface area (Å²) in [5, 5.41) is -3.44. The summed E-state index contributed by atoms with van der Waals surface area (Å²) in [5.74, 6) is -5.60. The molecule has 192 valence electrons. The standard InChI is InChI=1S/C16H23BF12O3/c1-8(2,30-14(23,24)10(5,6)32-16(27,28)29)11(7,17)12(18,19)15(25,26)31-9(3,4)13(20,21)22/h17H2,1-7H3. The molecule has 0 fully saturated rings. The maximum atomic E-state index is 14.8. The number of alkyl halides is 12. The molecule has 32 heavy (non-hydrogen) atoms. The van der Waals surface area contributed by atoms with E-state index >= 15 is 0 Å². The van der Waals surface area contributed by atoms with Crippen LogP contribution in [-0.2, 0) is 14.2 Å². The molecule has 0 amide bonds. The van der Waals surface area contributed by atoms with E-state index < -0.39 is 52.8 Å². The molecule has 16 heteroatoms. The van der Waals surface area contributed by atoms with Crippen LogP contribution in [-0.4, -0.2) is 55.3 Å². The van der Waals surface area contributed by atoms with Gasteiger partial charge in [-0.05, 0) is 41.5 Å². The monoisotopic (exact) mass is 502 g/mol. The van der Waals surface area contributed by atoms with E-state index in [0.29, 0.717) is 13.8 Å². The number of hydrogen-bond donors (Lipinski definition) is 0. The quantitative estimate of drug-likeness (QED) is 0.283. The zero-order valence-corrected chi connectivity index (χ0v) is 18.3. The van der Waals surface area contributed by atoms with Crippen LogP contribution in [0.15, 0.2) is 0 Å². The Morgan fingerprint density at radius 1 is 0.469 bits per heavy atom. The van der Waals surface area contributed by atoms with Crippen molar-refractivity contribution < 1.29 is 66.9 Å². The zero-order chi connectivity index (χ0) is 26.6. The molecule has 0 aromatic heterocycles. The van der Waals surface area contributed by atoms with E-state index in [4.69, 9.17) is 0 Å². The second-order valence-electron chi connectivity index (χ2n) is 9.01. The Balaban J connectivity index is 6.18. The van der Waals surface area contributed by atoms with Crippen LogP contribution in [0.25, 0.3) is 0 Å². The van der Waals surface area contributed by atoms with Crippen LogP contribution in [0.5, 0.6) is 0 Å². The molecule has 0 aliphatic heterocycles. The highest BCUT2D eigenvalue weighted by atomic mass is 19.4. The first-order valence-corrected chi connectivity index (χ1v) is 8.74. The van der Waals surface area contributed by atoms with Crippen LogP contribution in [0.2, 0.25) is 5.31 Å². The fourth-order valence-corrected chi connectivity index (χ4v) is 2.10. The van der Waals surface area contributed by atoms with Gasteiger partial charge in [0.2, 0.25) is 0 Å². The molecule has 0 aliphatic carbocycles. The van der Waals surface area contributed by atoms with Gasteiger partial charge in [0.05, 0.1) is 5.60 Å². The first-order valence-electron chi connectivity index (χ1n) is 8.74. The van der Waals surface area contributed by atoms with Gasteiger partial charge in [-0.1, -0.05) is 6.92 Å². The van der Waals surface area contributed by atoms with E-state index in [1.54, 1.807) is 0 Å². The average Bonchev–Trinajstić information content (AvgIpc) is 2.39. The van der Waals surface area contributed by atoms with Crippen molar-refractivity contribution in [2.75, 3.05) is 0 Å². The Bertz CT molecular complexity index is 666. The van der Waals surface area contributed by atoms with Crippen LogP contribution in [0.1, 0.15) is 48.5 Å². The Morgan fingerprint density at radius 3 is 1.12 bits per heavy atom. The van der Waals surface area contributed by atoms with Crippen LogP contribution in [0, 0.1) is 0 Å². The first-order chi connectivity index (χ1) is 13.4. The maximum Gasteiger partial charge on any atom is 0.523 e. The summed E-state index contributed by atoms with van der Waals surface area (Å²) < 4.78 is 173. The smallest absolute Gasteiger partial charge is 0.312 e. The van der Waals surface area contributed by atoms with Crippen molar-refractivity contribution in [1.82, 2.24) is 0 Å². The predicted molar refractivity (Wildman–Crippen MR) is 89.4 cm³/mol. The zero-order valence-electron chi connectivity index (χ0n) is 18.3. The second kappa shape index (κ2) is 8.10. The minimum absolute atomic E-state index is 0.0385. The molecular formula is C16H23BF12O3. The Kier molecular flexibility index (Phi) is 7.87.